The molecule has 0 saturated carbocycles. The molecule has 0 saturated heterocycles. The molecule has 1 atom stereocenters. The highest BCUT2D eigenvalue weighted by Gasteiger charge is 2.24. The van der Waals surface area contributed by atoms with Crippen LogP contribution >= 0.6 is 0 Å². The van der Waals surface area contributed by atoms with Gasteiger partial charge >= 0.3 is 0 Å². The summed E-state index contributed by atoms with van der Waals surface area (Å²) in [7, 11) is 0. The summed E-state index contributed by atoms with van der Waals surface area (Å²) in [6.07, 6.45) is 0.0563. The van der Waals surface area contributed by atoms with Crippen molar-refractivity contribution in [2.24, 2.45) is 0 Å². The highest BCUT2D eigenvalue weighted by molar-refractivity contribution is 6.04. The third-order valence-electron chi connectivity index (χ3n) is 4.19. The van der Waals surface area contributed by atoms with Crippen molar-refractivity contribution in [2.75, 3.05) is 17.2 Å². The fourth-order valence-electron chi connectivity index (χ4n) is 2.83. The van der Waals surface area contributed by atoms with E-state index in [1.807, 2.05) is 13.8 Å². The van der Waals surface area contributed by atoms with E-state index in [1.165, 1.54) is 0 Å². The molecule has 1 aliphatic rings. The molecule has 27 heavy (non-hydrogen) atoms. The van der Waals surface area contributed by atoms with Gasteiger partial charge in [0.1, 0.15) is 11.5 Å². The van der Waals surface area contributed by atoms with E-state index >= 15 is 0 Å². The number of nitrogens with one attached hydrogen (secondary N) is 3. The average Bonchev–Trinajstić information content (AvgIpc) is 3.08. The number of carbonyl (C=O) groups excluding carboxylic acids is 2. The number of aliphatic hydroxyl groups is 1. The predicted octanol–water partition coefficient (Wildman–Crippen LogP) is 1.89. The summed E-state index contributed by atoms with van der Waals surface area (Å²) in [6, 6.07) is 6.59. The monoisotopic (exact) mass is 369 g/mol. The second-order valence-corrected chi connectivity index (χ2v) is 6.78. The van der Waals surface area contributed by atoms with Gasteiger partial charge in [0.25, 0.3) is 11.8 Å². The fourth-order valence-corrected chi connectivity index (χ4v) is 2.83. The first kappa shape index (κ1) is 18.8. The lowest BCUT2D eigenvalue weighted by Gasteiger charge is -2.12. The Morgan fingerprint density at radius 1 is 1.11 bits per heavy atom. The minimum Gasteiger partial charge on any atom is -0.389 e. The maximum Gasteiger partial charge on any atom is 0.270 e. The largest absolute Gasteiger partial charge is 0.389 e. The SMILES string of the molecule is CC(C)NC(=O)c1nc(NC(=O)c2ccc(C(C)O)cc2)nc2c1CCN2. The lowest BCUT2D eigenvalue weighted by Crippen LogP contribution is -2.32. The first-order valence-corrected chi connectivity index (χ1v) is 8.90. The number of amides is 2. The number of aliphatic hydroxyl groups excluding tert-OH is 1. The minimum atomic E-state index is -0.602. The first-order chi connectivity index (χ1) is 12.8. The molecule has 2 amide bonds. The second kappa shape index (κ2) is 7.71. The molecule has 2 heterocycles. The maximum absolute atomic E-state index is 12.5. The lowest BCUT2D eigenvalue weighted by atomic mass is 10.1. The van der Waals surface area contributed by atoms with Crippen LogP contribution in [0.4, 0.5) is 11.8 Å². The van der Waals surface area contributed by atoms with Crippen LogP contribution in [0.3, 0.4) is 0 Å². The Bertz CT molecular complexity index is 862. The number of aromatic nitrogens is 2. The van der Waals surface area contributed by atoms with Gasteiger partial charge in [-0.25, -0.2) is 4.98 Å². The molecule has 142 valence electrons. The van der Waals surface area contributed by atoms with Crippen LogP contribution < -0.4 is 16.0 Å². The van der Waals surface area contributed by atoms with Crippen molar-refractivity contribution < 1.29 is 14.7 Å². The van der Waals surface area contributed by atoms with Crippen LogP contribution in [0.15, 0.2) is 24.3 Å². The number of rotatable bonds is 5. The summed E-state index contributed by atoms with van der Waals surface area (Å²) >= 11 is 0. The van der Waals surface area contributed by atoms with Crippen molar-refractivity contribution in [3.63, 3.8) is 0 Å². The highest BCUT2D eigenvalue weighted by atomic mass is 16.3. The number of fused-ring (bicyclic) bond motifs is 1. The van der Waals surface area contributed by atoms with E-state index in [0.717, 1.165) is 11.1 Å². The molecule has 1 unspecified atom stereocenters. The summed E-state index contributed by atoms with van der Waals surface area (Å²) in [6.45, 7) is 6.07. The molecule has 3 rings (SSSR count). The van der Waals surface area contributed by atoms with Gasteiger partial charge in [-0.1, -0.05) is 12.1 Å². The normalized spacial score (nSPS) is 13.7. The number of nitrogens with zero attached hydrogens (tertiary/aromatic N) is 2. The Balaban J connectivity index is 1.84. The summed E-state index contributed by atoms with van der Waals surface area (Å²) in [5.74, 6) is -0.0373. The zero-order valence-corrected chi connectivity index (χ0v) is 15.5. The van der Waals surface area contributed by atoms with Gasteiger partial charge in [0, 0.05) is 23.7 Å². The van der Waals surface area contributed by atoms with Gasteiger partial charge in [-0.3, -0.25) is 14.9 Å². The Labute approximate surface area is 157 Å². The van der Waals surface area contributed by atoms with Gasteiger partial charge in [-0.2, -0.15) is 4.98 Å². The van der Waals surface area contributed by atoms with Crippen LogP contribution in [-0.2, 0) is 6.42 Å². The quantitative estimate of drug-likeness (QED) is 0.640. The molecule has 0 aliphatic carbocycles. The van der Waals surface area contributed by atoms with Crippen LogP contribution in [0, 0.1) is 0 Å². The summed E-state index contributed by atoms with van der Waals surface area (Å²) in [5.41, 5.74) is 2.16. The van der Waals surface area contributed by atoms with E-state index < -0.39 is 6.10 Å². The van der Waals surface area contributed by atoms with E-state index in [-0.39, 0.29) is 29.5 Å². The molecule has 1 aliphatic heterocycles. The molecule has 4 N–H and O–H groups in total. The zero-order chi connectivity index (χ0) is 19.6. The number of hydrogen-bond donors (Lipinski definition) is 4. The fraction of sp³-hybridized carbons (Fsp3) is 0.368. The zero-order valence-electron chi connectivity index (χ0n) is 15.5. The highest BCUT2D eigenvalue weighted by Crippen LogP contribution is 2.24. The first-order valence-electron chi connectivity index (χ1n) is 8.90. The Morgan fingerprint density at radius 3 is 2.44 bits per heavy atom. The van der Waals surface area contributed by atoms with Crippen LogP contribution in [-0.4, -0.2) is 39.5 Å². The molecule has 1 aromatic heterocycles. The topological polar surface area (TPSA) is 116 Å². The number of carbonyl (C=O) groups is 2. The van der Waals surface area contributed by atoms with Gasteiger partial charge in [0.2, 0.25) is 5.95 Å². The molecule has 8 nitrogen and oxygen atoms in total. The van der Waals surface area contributed by atoms with Gasteiger partial charge in [-0.15, -0.1) is 0 Å². The Kier molecular flexibility index (Phi) is 5.36. The Hall–Kier alpha value is -3.00. The van der Waals surface area contributed by atoms with Crippen molar-refractivity contribution in [2.45, 2.75) is 39.3 Å². The molecule has 2 aromatic rings. The predicted molar refractivity (Wildman–Crippen MR) is 102 cm³/mol. The maximum atomic E-state index is 12.5. The van der Waals surface area contributed by atoms with Crippen molar-refractivity contribution in [1.29, 1.82) is 0 Å². The second-order valence-electron chi connectivity index (χ2n) is 6.78. The van der Waals surface area contributed by atoms with E-state index in [1.54, 1.807) is 31.2 Å². The van der Waals surface area contributed by atoms with Gasteiger partial charge < -0.3 is 15.7 Å². The molecule has 0 bridgehead atoms. The molecule has 1 aromatic carbocycles. The number of anilines is 2. The van der Waals surface area contributed by atoms with Crippen LogP contribution in [0.25, 0.3) is 0 Å². The third-order valence-corrected chi connectivity index (χ3v) is 4.19. The van der Waals surface area contributed by atoms with Gasteiger partial charge in [0.15, 0.2) is 0 Å². The number of hydrogen-bond acceptors (Lipinski definition) is 6. The van der Waals surface area contributed by atoms with Crippen molar-refractivity contribution in [1.82, 2.24) is 15.3 Å². The molecule has 0 radical (unpaired) electrons. The van der Waals surface area contributed by atoms with Crippen molar-refractivity contribution in [3.05, 3.63) is 46.6 Å². The molecule has 0 spiro atoms. The summed E-state index contributed by atoms with van der Waals surface area (Å²) < 4.78 is 0. The molecular formula is C19H23N5O3. The van der Waals surface area contributed by atoms with Gasteiger partial charge in [0.05, 0.1) is 6.10 Å². The Morgan fingerprint density at radius 2 is 1.81 bits per heavy atom. The minimum absolute atomic E-state index is 0.0250. The standard InChI is InChI=1S/C19H23N5O3/c1-10(2)21-18(27)15-14-8-9-20-16(14)23-19(22-15)24-17(26)13-6-4-12(5-7-13)11(3)25/h4-7,10-11,25H,8-9H2,1-3H3,(H,21,27)(H2,20,22,23,24,26). The van der Waals surface area contributed by atoms with E-state index in [0.29, 0.717) is 24.3 Å². The van der Waals surface area contributed by atoms with E-state index in [2.05, 4.69) is 25.9 Å². The lowest BCUT2D eigenvalue weighted by molar-refractivity contribution is 0.0935. The van der Waals surface area contributed by atoms with Crippen molar-refractivity contribution in [3.8, 4) is 0 Å². The van der Waals surface area contributed by atoms with Crippen molar-refractivity contribution >= 4 is 23.6 Å². The average molecular weight is 369 g/mol. The smallest absolute Gasteiger partial charge is 0.270 e. The van der Waals surface area contributed by atoms with Gasteiger partial charge in [-0.05, 0) is 44.9 Å². The summed E-state index contributed by atoms with van der Waals surface area (Å²) in [4.78, 5) is 33.5. The van der Waals surface area contributed by atoms with Crippen LogP contribution in [0.5, 0.6) is 0 Å². The molecular weight excluding hydrogens is 346 g/mol. The summed E-state index contributed by atoms with van der Waals surface area (Å²) in [5, 5.41) is 18.1. The van der Waals surface area contributed by atoms with Crippen LogP contribution in [0.2, 0.25) is 0 Å². The van der Waals surface area contributed by atoms with E-state index in [9.17, 15) is 14.7 Å². The third kappa shape index (κ3) is 4.22. The van der Waals surface area contributed by atoms with Crippen LogP contribution in [0.1, 0.15) is 58.8 Å². The van der Waals surface area contributed by atoms with E-state index in [4.69, 9.17) is 0 Å². The number of benzene rings is 1. The molecule has 0 fully saturated rings. The molecule has 8 heteroatoms.